The molecule has 2 aromatic rings. The number of benzene rings is 2. The Morgan fingerprint density at radius 2 is 1.62 bits per heavy atom. The van der Waals surface area contributed by atoms with Gasteiger partial charge < -0.3 is 0 Å². The summed E-state index contributed by atoms with van der Waals surface area (Å²) in [6, 6.07) is 14.5. The number of thioether (sulfide) groups is 1. The monoisotopic (exact) mass is 338 g/mol. The smallest absolute Gasteiger partial charge is 0.250 e. The standard InChI is InChI=1S/C15H12Cl2N2OS/c16-12-3-1-11(2-4-12)9-18-19-15(20)10-21-14-7-5-13(17)6-8-14/h1-9H,10H2,(H,19,20)/b18-9+. The minimum Gasteiger partial charge on any atom is -0.272 e. The molecule has 0 radical (unpaired) electrons. The number of hydrogen-bond donors (Lipinski definition) is 1. The second-order valence-electron chi connectivity index (χ2n) is 4.09. The van der Waals surface area contributed by atoms with Crippen LogP contribution in [0.25, 0.3) is 0 Å². The lowest BCUT2D eigenvalue weighted by Crippen LogP contribution is -2.19. The first-order chi connectivity index (χ1) is 10.1. The summed E-state index contributed by atoms with van der Waals surface area (Å²) < 4.78 is 0. The highest BCUT2D eigenvalue weighted by molar-refractivity contribution is 8.00. The van der Waals surface area contributed by atoms with Crippen LogP contribution in [0.2, 0.25) is 10.0 Å². The van der Waals surface area contributed by atoms with Gasteiger partial charge >= 0.3 is 0 Å². The summed E-state index contributed by atoms with van der Waals surface area (Å²) in [6.45, 7) is 0. The van der Waals surface area contributed by atoms with E-state index < -0.39 is 0 Å². The van der Waals surface area contributed by atoms with Gasteiger partial charge in [-0.3, -0.25) is 4.79 Å². The molecule has 0 spiro atoms. The summed E-state index contributed by atoms with van der Waals surface area (Å²) in [5.41, 5.74) is 3.34. The molecule has 1 amide bonds. The van der Waals surface area contributed by atoms with Crippen LogP contribution >= 0.6 is 35.0 Å². The van der Waals surface area contributed by atoms with Crippen molar-refractivity contribution in [1.29, 1.82) is 0 Å². The van der Waals surface area contributed by atoms with E-state index >= 15 is 0 Å². The molecular weight excluding hydrogens is 327 g/mol. The van der Waals surface area contributed by atoms with Crippen LogP contribution in [0.15, 0.2) is 58.5 Å². The highest BCUT2D eigenvalue weighted by Crippen LogP contribution is 2.19. The molecule has 0 heterocycles. The van der Waals surface area contributed by atoms with Crippen molar-refractivity contribution in [3.63, 3.8) is 0 Å². The van der Waals surface area contributed by atoms with Crippen LogP contribution < -0.4 is 5.43 Å². The molecule has 0 saturated heterocycles. The topological polar surface area (TPSA) is 41.5 Å². The van der Waals surface area contributed by atoms with Crippen molar-refractivity contribution in [3.8, 4) is 0 Å². The Kier molecular flexibility index (Phi) is 6.11. The van der Waals surface area contributed by atoms with E-state index in [0.717, 1.165) is 10.5 Å². The van der Waals surface area contributed by atoms with Gasteiger partial charge in [0.2, 0.25) is 5.91 Å². The fourth-order valence-corrected chi connectivity index (χ4v) is 2.38. The first-order valence-electron chi connectivity index (χ1n) is 6.09. The Labute approximate surface area is 137 Å². The summed E-state index contributed by atoms with van der Waals surface area (Å²) in [5, 5.41) is 5.24. The van der Waals surface area contributed by atoms with E-state index in [1.165, 1.54) is 11.8 Å². The van der Waals surface area contributed by atoms with Crippen LogP contribution in [0.3, 0.4) is 0 Å². The lowest BCUT2D eigenvalue weighted by molar-refractivity contribution is -0.118. The molecule has 1 N–H and O–H groups in total. The maximum Gasteiger partial charge on any atom is 0.250 e. The van der Waals surface area contributed by atoms with Crippen molar-refractivity contribution < 1.29 is 4.79 Å². The molecule has 0 aliphatic carbocycles. The second kappa shape index (κ2) is 8.08. The third-order valence-corrected chi connectivity index (χ3v) is 3.97. The highest BCUT2D eigenvalue weighted by atomic mass is 35.5. The molecule has 21 heavy (non-hydrogen) atoms. The van der Waals surface area contributed by atoms with Crippen LogP contribution in [-0.2, 0) is 4.79 Å². The molecule has 6 heteroatoms. The van der Waals surface area contributed by atoms with Gasteiger partial charge in [-0.2, -0.15) is 5.10 Å². The van der Waals surface area contributed by atoms with Crippen molar-refractivity contribution >= 4 is 47.1 Å². The largest absolute Gasteiger partial charge is 0.272 e. The predicted molar refractivity (Wildman–Crippen MR) is 89.4 cm³/mol. The van der Waals surface area contributed by atoms with Crippen molar-refractivity contribution in [2.24, 2.45) is 5.10 Å². The molecule has 0 aromatic heterocycles. The van der Waals surface area contributed by atoms with Gasteiger partial charge in [0.15, 0.2) is 0 Å². The number of nitrogens with zero attached hydrogens (tertiary/aromatic N) is 1. The van der Waals surface area contributed by atoms with Crippen LogP contribution in [0.4, 0.5) is 0 Å². The molecule has 0 unspecified atom stereocenters. The van der Waals surface area contributed by atoms with E-state index in [1.54, 1.807) is 30.5 Å². The number of nitrogens with one attached hydrogen (secondary N) is 1. The number of hydrogen-bond acceptors (Lipinski definition) is 3. The van der Waals surface area contributed by atoms with Gasteiger partial charge in [0.1, 0.15) is 0 Å². The van der Waals surface area contributed by atoms with Gasteiger partial charge in [0, 0.05) is 14.9 Å². The molecule has 0 atom stereocenters. The first kappa shape index (κ1) is 15.9. The Hall–Kier alpha value is -1.49. The minimum absolute atomic E-state index is 0.167. The zero-order valence-electron chi connectivity index (χ0n) is 10.9. The SMILES string of the molecule is O=C(CSc1ccc(Cl)cc1)N/N=C/c1ccc(Cl)cc1. The zero-order chi connectivity index (χ0) is 15.1. The normalized spacial score (nSPS) is 10.8. The minimum atomic E-state index is -0.167. The van der Waals surface area contributed by atoms with Crippen molar-refractivity contribution in [2.45, 2.75) is 4.90 Å². The second-order valence-corrected chi connectivity index (χ2v) is 6.01. The maximum absolute atomic E-state index is 11.6. The summed E-state index contributed by atoms with van der Waals surface area (Å²) in [4.78, 5) is 12.6. The summed E-state index contributed by atoms with van der Waals surface area (Å²) in [6.07, 6.45) is 1.57. The Balaban J connectivity index is 1.77. The van der Waals surface area contributed by atoms with E-state index in [4.69, 9.17) is 23.2 Å². The zero-order valence-corrected chi connectivity index (χ0v) is 13.3. The van der Waals surface area contributed by atoms with E-state index in [2.05, 4.69) is 10.5 Å². The molecule has 0 aliphatic rings. The number of rotatable bonds is 5. The number of halogens is 2. The van der Waals surface area contributed by atoms with E-state index in [0.29, 0.717) is 15.8 Å². The molecule has 0 bridgehead atoms. The van der Waals surface area contributed by atoms with E-state index in [1.807, 2.05) is 24.3 Å². The number of carbonyl (C=O) groups is 1. The molecule has 2 aromatic carbocycles. The molecule has 108 valence electrons. The lowest BCUT2D eigenvalue weighted by Gasteiger charge is -2.01. The molecule has 0 aliphatic heterocycles. The fraction of sp³-hybridized carbons (Fsp3) is 0.0667. The predicted octanol–water partition coefficient (Wildman–Crippen LogP) is 4.24. The summed E-state index contributed by atoms with van der Waals surface area (Å²) in [7, 11) is 0. The first-order valence-corrected chi connectivity index (χ1v) is 7.83. The third kappa shape index (κ3) is 5.79. The van der Waals surface area contributed by atoms with E-state index in [9.17, 15) is 4.79 Å². The van der Waals surface area contributed by atoms with Gasteiger partial charge in [-0.15, -0.1) is 11.8 Å². The lowest BCUT2D eigenvalue weighted by atomic mass is 10.2. The molecule has 3 nitrogen and oxygen atoms in total. The van der Waals surface area contributed by atoms with Crippen LogP contribution in [0.5, 0.6) is 0 Å². The number of amides is 1. The molecule has 0 fully saturated rings. The number of hydrazone groups is 1. The van der Waals surface area contributed by atoms with Gasteiger partial charge in [-0.05, 0) is 42.0 Å². The van der Waals surface area contributed by atoms with Gasteiger partial charge in [0.25, 0.3) is 0 Å². The average molecular weight is 339 g/mol. The van der Waals surface area contributed by atoms with Crippen molar-refractivity contribution in [1.82, 2.24) is 5.43 Å². The Morgan fingerprint density at radius 1 is 1.05 bits per heavy atom. The Morgan fingerprint density at radius 3 is 2.24 bits per heavy atom. The fourth-order valence-electron chi connectivity index (χ4n) is 1.44. The molecule has 2 rings (SSSR count). The number of carbonyl (C=O) groups excluding carboxylic acids is 1. The van der Waals surface area contributed by atoms with Crippen LogP contribution in [0, 0.1) is 0 Å². The van der Waals surface area contributed by atoms with E-state index in [-0.39, 0.29) is 5.91 Å². The quantitative estimate of drug-likeness (QED) is 0.503. The average Bonchev–Trinajstić information content (AvgIpc) is 2.49. The summed E-state index contributed by atoms with van der Waals surface area (Å²) in [5.74, 6) is 0.125. The van der Waals surface area contributed by atoms with Gasteiger partial charge in [-0.1, -0.05) is 35.3 Å². The van der Waals surface area contributed by atoms with Crippen molar-refractivity contribution in [2.75, 3.05) is 5.75 Å². The van der Waals surface area contributed by atoms with Crippen LogP contribution in [-0.4, -0.2) is 17.9 Å². The third-order valence-electron chi connectivity index (χ3n) is 2.46. The van der Waals surface area contributed by atoms with Crippen molar-refractivity contribution in [3.05, 3.63) is 64.1 Å². The van der Waals surface area contributed by atoms with Gasteiger partial charge in [0.05, 0.1) is 12.0 Å². The Bertz CT molecular complexity index is 627. The summed E-state index contributed by atoms with van der Waals surface area (Å²) >= 11 is 13.0. The molecule has 0 saturated carbocycles. The van der Waals surface area contributed by atoms with Gasteiger partial charge in [-0.25, -0.2) is 5.43 Å². The highest BCUT2D eigenvalue weighted by Gasteiger charge is 2.01. The molecular formula is C15H12Cl2N2OS. The van der Waals surface area contributed by atoms with Crippen LogP contribution in [0.1, 0.15) is 5.56 Å². The maximum atomic E-state index is 11.6.